The van der Waals surface area contributed by atoms with Crippen LogP contribution in [-0.4, -0.2) is 36.0 Å². The van der Waals surface area contributed by atoms with E-state index in [1.54, 1.807) is 14.2 Å². The van der Waals surface area contributed by atoms with Gasteiger partial charge in [-0.05, 0) is 19.9 Å². The molecule has 1 aromatic heterocycles. The number of amides is 2. The van der Waals surface area contributed by atoms with Crippen LogP contribution in [0.1, 0.15) is 34.6 Å². The summed E-state index contributed by atoms with van der Waals surface area (Å²) in [7, 11) is 4.46. The van der Waals surface area contributed by atoms with Crippen LogP contribution in [-0.2, 0) is 11.8 Å². The molecular formula is C17H22N4O4. The number of hydrogen-bond donors (Lipinski definition) is 2. The first-order valence-electron chi connectivity index (χ1n) is 7.70. The minimum Gasteiger partial charge on any atom is -0.496 e. The van der Waals surface area contributed by atoms with Crippen molar-refractivity contribution in [1.29, 1.82) is 0 Å². The Bertz CT molecular complexity index is 785. The first-order chi connectivity index (χ1) is 11.8. The first kappa shape index (κ1) is 18.3. The summed E-state index contributed by atoms with van der Waals surface area (Å²) in [5, 5.41) is 9.49. The third kappa shape index (κ3) is 4.28. The van der Waals surface area contributed by atoms with Crippen LogP contribution in [0.5, 0.6) is 5.75 Å². The molecule has 0 aliphatic carbocycles. The van der Waals surface area contributed by atoms with Gasteiger partial charge in [0.25, 0.3) is 0 Å². The second kappa shape index (κ2) is 7.69. The molecule has 0 fully saturated rings. The first-order valence-corrected chi connectivity index (χ1v) is 7.70. The molecule has 2 amide bonds. The topological polar surface area (TPSA) is 94.5 Å². The second-order valence-corrected chi connectivity index (χ2v) is 5.60. The van der Waals surface area contributed by atoms with Gasteiger partial charge < -0.3 is 14.8 Å². The van der Waals surface area contributed by atoms with Crippen molar-refractivity contribution in [2.24, 2.45) is 7.05 Å². The fourth-order valence-corrected chi connectivity index (χ4v) is 2.44. The average Bonchev–Trinajstić information content (AvgIpc) is 2.94. The number of rotatable bonds is 5. The normalized spacial score (nSPS) is 11.6. The Hall–Kier alpha value is -3.03. The van der Waals surface area contributed by atoms with Crippen LogP contribution in [0.15, 0.2) is 24.3 Å². The van der Waals surface area contributed by atoms with Crippen molar-refractivity contribution in [3.63, 3.8) is 0 Å². The molecule has 0 spiro atoms. The van der Waals surface area contributed by atoms with Crippen LogP contribution >= 0.6 is 0 Å². The summed E-state index contributed by atoms with van der Waals surface area (Å²) in [6.07, 6.45) is 0. The van der Waals surface area contributed by atoms with E-state index < -0.39 is 12.0 Å². The number of aromatic nitrogens is 2. The molecule has 0 aliphatic rings. The lowest BCUT2D eigenvalue weighted by Gasteiger charge is -2.18. The van der Waals surface area contributed by atoms with E-state index in [0.29, 0.717) is 5.75 Å². The number of ether oxygens (including phenoxy) is 2. The van der Waals surface area contributed by atoms with Crippen LogP contribution in [0.25, 0.3) is 0 Å². The highest BCUT2D eigenvalue weighted by molar-refractivity contribution is 5.92. The molecule has 1 heterocycles. The molecule has 2 N–H and O–H groups in total. The number of nitrogens with zero attached hydrogens (tertiary/aromatic N) is 2. The van der Waals surface area contributed by atoms with Gasteiger partial charge in [-0.2, -0.15) is 5.10 Å². The Labute approximate surface area is 146 Å². The van der Waals surface area contributed by atoms with E-state index in [-0.39, 0.29) is 17.6 Å². The minimum atomic E-state index is -0.527. The lowest BCUT2D eigenvalue weighted by atomic mass is 10.0. The Morgan fingerprint density at radius 3 is 2.60 bits per heavy atom. The maximum atomic E-state index is 12.2. The molecule has 1 aromatic carbocycles. The lowest BCUT2D eigenvalue weighted by molar-refractivity contribution is 0.0588. The van der Waals surface area contributed by atoms with Crippen LogP contribution in [0.2, 0.25) is 0 Å². The van der Waals surface area contributed by atoms with Gasteiger partial charge in [-0.25, -0.2) is 9.59 Å². The summed E-state index contributed by atoms with van der Waals surface area (Å²) in [6, 6.07) is 6.49. The van der Waals surface area contributed by atoms with Gasteiger partial charge >= 0.3 is 12.0 Å². The Balaban J connectivity index is 2.08. The van der Waals surface area contributed by atoms with Crippen molar-refractivity contribution in [1.82, 2.24) is 15.1 Å². The zero-order chi connectivity index (χ0) is 18.6. The smallest absolute Gasteiger partial charge is 0.356 e. The lowest BCUT2D eigenvalue weighted by Crippen LogP contribution is -2.31. The molecule has 0 bridgehead atoms. The van der Waals surface area contributed by atoms with Gasteiger partial charge in [-0.3, -0.25) is 10.00 Å². The predicted octanol–water partition coefficient (Wildman–Crippen LogP) is 2.41. The van der Waals surface area contributed by atoms with Crippen LogP contribution in [0.4, 0.5) is 10.6 Å². The maximum Gasteiger partial charge on any atom is 0.356 e. The zero-order valence-electron chi connectivity index (χ0n) is 14.9. The summed E-state index contributed by atoms with van der Waals surface area (Å²) in [5.74, 6) is 0.425. The van der Waals surface area contributed by atoms with E-state index in [1.165, 1.54) is 17.9 Å². The zero-order valence-corrected chi connectivity index (χ0v) is 14.9. The number of methoxy groups -OCH3 is 2. The van der Waals surface area contributed by atoms with E-state index in [2.05, 4.69) is 20.5 Å². The number of carbonyl (C=O) groups excluding carboxylic acids is 2. The number of benzene rings is 1. The van der Waals surface area contributed by atoms with Crippen molar-refractivity contribution >= 4 is 17.8 Å². The molecular weight excluding hydrogens is 324 g/mol. The monoisotopic (exact) mass is 346 g/mol. The third-order valence-electron chi connectivity index (χ3n) is 3.72. The molecule has 8 heteroatoms. The number of urea groups is 1. The van der Waals surface area contributed by atoms with Crippen LogP contribution in [0.3, 0.4) is 0 Å². The number of esters is 1. The number of hydrogen-bond acceptors (Lipinski definition) is 5. The molecule has 0 saturated carbocycles. The van der Waals surface area contributed by atoms with E-state index in [1.807, 2.05) is 32.0 Å². The molecule has 1 unspecified atom stereocenters. The number of aryl methyl sites for hydroxylation is 2. The maximum absolute atomic E-state index is 12.2. The second-order valence-electron chi connectivity index (χ2n) is 5.60. The van der Waals surface area contributed by atoms with E-state index >= 15 is 0 Å². The molecule has 25 heavy (non-hydrogen) atoms. The fraction of sp³-hybridized carbons (Fsp3) is 0.353. The largest absolute Gasteiger partial charge is 0.496 e. The highest BCUT2D eigenvalue weighted by atomic mass is 16.5. The highest BCUT2D eigenvalue weighted by Gasteiger charge is 2.17. The summed E-state index contributed by atoms with van der Waals surface area (Å²) in [4.78, 5) is 23.8. The quantitative estimate of drug-likeness (QED) is 0.811. The molecule has 1 atom stereocenters. The van der Waals surface area contributed by atoms with E-state index in [4.69, 9.17) is 4.74 Å². The number of carbonyl (C=O) groups is 2. The van der Waals surface area contributed by atoms with Crippen LogP contribution in [0, 0.1) is 6.92 Å². The fourth-order valence-electron chi connectivity index (χ4n) is 2.44. The minimum absolute atomic E-state index is 0.242. The molecule has 0 aliphatic heterocycles. The summed E-state index contributed by atoms with van der Waals surface area (Å²) < 4.78 is 11.3. The van der Waals surface area contributed by atoms with Crippen LogP contribution < -0.4 is 15.4 Å². The summed E-state index contributed by atoms with van der Waals surface area (Å²) >= 11 is 0. The van der Waals surface area contributed by atoms with Crippen molar-refractivity contribution in [3.8, 4) is 5.75 Å². The van der Waals surface area contributed by atoms with Crippen molar-refractivity contribution in [2.45, 2.75) is 19.9 Å². The Morgan fingerprint density at radius 2 is 1.96 bits per heavy atom. The molecule has 2 rings (SSSR count). The van der Waals surface area contributed by atoms with Gasteiger partial charge in [0.15, 0.2) is 5.82 Å². The van der Waals surface area contributed by atoms with Gasteiger partial charge in [0.2, 0.25) is 0 Å². The van der Waals surface area contributed by atoms with Gasteiger partial charge in [0.05, 0.1) is 20.3 Å². The third-order valence-corrected chi connectivity index (χ3v) is 3.72. The summed E-state index contributed by atoms with van der Waals surface area (Å²) in [5.41, 5.74) is 2.18. The van der Waals surface area contributed by atoms with Gasteiger partial charge in [0.1, 0.15) is 11.4 Å². The Kier molecular flexibility index (Phi) is 5.63. The van der Waals surface area contributed by atoms with Gasteiger partial charge in [-0.15, -0.1) is 0 Å². The van der Waals surface area contributed by atoms with Crippen molar-refractivity contribution in [2.75, 3.05) is 19.5 Å². The van der Waals surface area contributed by atoms with Crippen molar-refractivity contribution in [3.05, 3.63) is 41.1 Å². The summed E-state index contributed by atoms with van der Waals surface area (Å²) in [6.45, 7) is 3.83. The SMILES string of the molecule is COC(=O)c1cc(NC(=O)NC(C)c2cc(C)ccc2OC)nn1C. The standard InChI is InChI=1S/C17H22N4O4/c1-10-6-7-14(24-4)12(8-10)11(2)18-17(23)19-15-9-13(16(22)25-5)21(3)20-15/h6-9,11H,1-5H3,(H2,18,19,20,23). The van der Waals surface area contributed by atoms with Crippen molar-refractivity contribution < 1.29 is 19.1 Å². The molecule has 2 aromatic rings. The average molecular weight is 346 g/mol. The molecule has 0 radical (unpaired) electrons. The van der Waals surface area contributed by atoms with E-state index in [0.717, 1.165) is 11.1 Å². The molecule has 134 valence electrons. The van der Waals surface area contributed by atoms with E-state index in [9.17, 15) is 9.59 Å². The highest BCUT2D eigenvalue weighted by Crippen LogP contribution is 2.26. The van der Waals surface area contributed by atoms with Gasteiger partial charge in [-0.1, -0.05) is 17.7 Å². The molecule has 0 saturated heterocycles. The number of anilines is 1. The van der Waals surface area contributed by atoms with Gasteiger partial charge in [0, 0.05) is 18.7 Å². The number of nitrogens with one attached hydrogen (secondary N) is 2. The molecule has 8 nitrogen and oxygen atoms in total. The predicted molar refractivity (Wildman–Crippen MR) is 92.8 cm³/mol. The Morgan fingerprint density at radius 1 is 1.24 bits per heavy atom.